The zero-order chi connectivity index (χ0) is 14.2. The number of nitrogens with two attached hydrogens (primary N) is 1. The molecule has 3 N–H and O–H groups in total. The first-order valence-corrected chi connectivity index (χ1v) is 7.43. The number of benzene rings is 1. The molecule has 19 heavy (non-hydrogen) atoms. The van der Waals surface area contributed by atoms with Gasteiger partial charge in [-0.1, -0.05) is 6.07 Å². The van der Waals surface area contributed by atoms with E-state index < -0.39 is 16.1 Å². The second kappa shape index (κ2) is 4.82. The van der Waals surface area contributed by atoms with Gasteiger partial charge in [0.05, 0.1) is 4.90 Å². The fraction of sp³-hybridized carbons (Fsp3) is 0.417. The van der Waals surface area contributed by atoms with Crippen molar-refractivity contribution in [2.24, 2.45) is 0 Å². The van der Waals surface area contributed by atoms with Crippen LogP contribution in [0.25, 0.3) is 0 Å². The van der Waals surface area contributed by atoms with Gasteiger partial charge in [-0.05, 0) is 31.5 Å². The lowest BCUT2D eigenvalue weighted by Crippen LogP contribution is -2.55. The number of hydrogen-bond acceptors (Lipinski definition) is 4. The van der Waals surface area contributed by atoms with Crippen LogP contribution in [0, 0.1) is 6.92 Å². The molecule has 0 spiro atoms. The van der Waals surface area contributed by atoms with E-state index in [9.17, 15) is 13.2 Å². The smallest absolute Gasteiger partial charge is 0.244 e. The van der Waals surface area contributed by atoms with E-state index in [-0.39, 0.29) is 17.3 Å². The van der Waals surface area contributed by atoms with Gasteiger partial charge in [-0.3, -0.25) is 4.79 Å². The normalized spacial score (nSPS) is 21.2. The Kier molecular flexibility index (Phi) is 3.51. The first-order valence-electron chi connectivity index (χ1n) is 5.99. The molecule has 0 aliphatic carbocycles. The van der Waals surface area contributed by atoms with Gasteiger partial charge in [-0.2, -0.15) is 4.31 Å². The highest BCUT2D eigenvalue weighted by Crippen LogP contribution is 2.24. The summed E-state index contributed by atoms with van der Waals surface area (Å²) < 4.78 is 26.4. The average Bonchev–Trinajstić information content (AvgIpc) is 2.35. The van der Waals surface area contributed by atoms with E-state index in [1.807, 2.05) is 0 Å². The minimum Gasteiger partial charge on any atom is -0.399 e. The number of amides is 1. The summed E-state index contributed by atoms with van der Waals surface area (Å²) in [6.07, 6.45) is 0. The third-order valence-electron chi connectivity index (χ3n) is 3.24. The Bertz CT molecular complexity index is 613. The number of hydrogen-bond donors (Lipinski definition) is 2. The Balaban J connectivity index is 2.47. The predicted molar refractivity (Wildman–Crippen MR) is 72.0 cm³/mol. The van der Waals surface area contributed by atoms with Gasteiger partial charge in [0.1, 0.15) is 6.04 Å². The summed E-state index contributed by atoms with van der Waals surface area (Å²) in [4.78, 5) is 11.8. The third-order valence-corrected chi connectivity index (χ3v) is 5.35. The van der Waals surface area contributed by atoms with Crippen LogP contribution in [0.2, 0.25) is 0 Å². The number of nitrogens with one attached hydrogen (secondary N) is 1. The molecule has 1 aromatic carbocycles. The van der Waals surface area contributed by atoms with Crippen molar-refractivity contribution < 1.29 is 13.2 Å². The van der Waals surface area contributed by atoms with Gasteiger partial charge < -0.3 is 11.1 Å². The Labute approximate surface area is 112 Å². The van der Waals surface area contributed by atoms with Crippen LogP contribution in [-0.2, 0) is 14.8 Å². The zero-order valence-electron chi connectivity index (χ0n) is 10.9. The Hall–Kier alpha value is -1.60. The molecule has 1 saturated heterocycles. The fourth-order valence-corrected chi connectivity index (χ4v) is 3.97. The molecule has 1 aliphatic heterocycles. The molecule has 1 heterocycles. The maximum Gasteiger partial charge on any atom is 0.244 e. The minimum absolute atomic E-state index is 0.161. The fourth-order valence-electron chi connectivity index (χ4n) is 2.11. The highest BCUT2D eigenvalue weighted by Gasteiger charge is 2.36. The average molecular weight is 283 g/mol. The van der Waals surface area contributed by atoms with Gasteiger partial charge >= 0.3 is 0 Å². The molecule has 1 amide bonds. The lowest BCUT2D eigenvalue weighted by molar-refractivity contribution is -0.126. The Morgan fingerprint density at radius 1 is 1.42 bits per heavy atom. The van der Waals surface area contributed by atoms with Gasteiger partial charge in [0, 0.05) is 18.8 Å². The number of piperazine rings is 1. The molecule has 1 unspecified atom stereocenters. The van der Waals surface area contributed by atoms with Crippen molar-refractivity contribution >= 4 is 21.6 Å². The van der Waals surface area contributed by atoms with Gasteiger partial charge in [-0.15, -0.1) is 0 Å². The van der Waals surface area contributed by atoms with E-state index in [0.717, 1.165) is 0 Å². The maximum absolute atomic E-state index is 12.6. The van der Waals surface area contributed by atoms with Gasteiger partial charge in [0.15, 0.2) is 0 Å². The van der Waals surface area contributed by atoms with Crippen molar-refractivity contribution in [2.45, 2.75) is 24.8 Å². The molecule has 1 atom stereocenters. The number of carbonyl (C=O) groups excluding carboxylic acids is 1. The van der Waals surface area contributed by atoms with E-state index in [0.29, 0.717) is 17.8 Å². The van der Waals surface area contributed by atoms with Crippen molar-refractivity contribution in [3.05, 3.63) is 23.8 Å². The molecule has 0 aromatic heterocycles. The van der Waals surface area contributed by atoms with Gasteiger partial charge in [-0.25, -0.2) is 8.42 Å². The van der Waals surface area contributed by atoms with E-state index >= 15 is 0 Å². The maximum atomic E-state index is 12.6. The van der Waals surface area contributed by atoms with Gasteiger partial charge in [0.25, 0.3) is 0 Å². The standard InChI is InChI=1S/C12H17N3O3S/c1-8-3-4-10(13)7-11(8)19(17,18)15-6-5-14-12(16)9(15)2/h3-4,7,9H,5-6,13H2,1-2H3,(H,14,16). The summed E-state index contributed by atoms with van der Waals surface area (Å²) in [5.74, 6) is -0.281. The van der Waals surface area contributed by atoms with E-state index in [4.69, 9.17) is 5.73 Å². The number of carbonyl (C=O) groups is 1. The number of aryl methyl sites for hydroxylation is 1. The van der Waals surface area contributed by atoms with Crippen LogP contribution >= 0.6 is 0 Å². The van der Waals surface area contributed by atoms with E-state index in [1.165, 1.54) is 10.4 Å². The molecule has 0 bridgehead atoms. The second-order valence-electron chi connectivity index (χ2n) is 4.61. The quantitative estimate of drug-likeness (QED) is 0.752. The second-order valence-corrected chi connectivity index (χ2v) is 6.47. The third kappa shape index (κ3) is 2.43. The number of sulfonamides is 1. The predicted octanol–water partition coefficient (Wildman–Crippen LogP) is 0.0862. The zero-order valence-corrected chi connectivity index (χ0v) is 11.7. The van der Waals surface area contributed by atoms with Crippen molar-refractivity contribution in [3.63, 3.8) is 0 Å². The molecule has 2 rings (SSSR count). The van der Waals surface area contributed by atoms with Crippen LogP contribution in [0.15, 0.2) is 23.1 Å². The molecule has 6 nitrogen and oxygen atoms in total. The monoisotopic (exact) mass is 283 g/mol. The largest absolute Gasteiger partial charge is 0.399 e. The molecule has 7 heteroatoms. The summed E-state index contributed by atoms with van der Waals surface area (Å²) in [5.41, 5.74) is 6.66. The number of rotatable bonds is 2. The Morgan fingerprint density at radius 3 is 2.79 bits per heavy atom. The van der Waals surface area contributed by atoms with Crippen LogP contribution in [0.5, 0.6) is 0 Å². The first-order chi connectivity index (χ1) is 8.84. The molecule has 1 aliphatic rings. The van der Waals surface area contributed by atoms with E-state index in [2.05, 4.69) is 5.32 Å². The van der Waals surface area contributed by atoms with Gasteiger partial charge in [0.2, 0.25) is 15.9 Å². The van der Waals surface area contributed by atoms with Crippen molar-refractivity contribution in [1.82, 2.24) is 9.62 Å². The van der Waals surface area contributed by atoms with Crippen LogP contribution in [-0.4, -0.2) is 37.8 Å². The van der Waals surface area contributed by atoms with Crippen molar-refractivity contribution in [3.8, 4) is 0 Å². The van der Waals surface area contributed by atoms with Crippen LogP contribution in [0.3, 0.4) is 0 Å². The molecular formula is C12H17N3O3S. The molecule has 0 saturated carbocycles. The molecule has 0 radical (unpaired) electrons. The highest BCUT2D eigenvalue weighted by atomic mass is 32.2. The topological polar surface area (TPSA) is 92.5 Å². The lowest BCUT2D eigenvalue weighted by Gasteiger charge is -2.32. The SMILES string of the molecule is Cc1ccc(N)cc1S(=O)(=O)N1CCNC(=O)C1C. The minimum atomic E-state index is -3.70. The molecular weight excluding hydrogens is 266 g/mol. The number of nitrogen functional groups attached to an aromatic ring is 1. The van der Waals surface area contributed by atoms with Crippen molar-refractivity contribution in [1.29, 1.82) is 0 Å². The number of anilines is 1. The van der Waals surface area contributed by atoms with Crippen LogP contribution in [0.4, 0.5) is 5.69 Å². The lowest BCUT2D eigenvalue weighted by atomic mass is 10.2. The number of nitrogens with zero attached hydrogens (tertiary/aromatic N) is 1. The Morgan fingerprint density at radius 2 is 2.11 bits per heavy atom. The van der Waals surface area contributed by atoms with Crippen molar-refractivity contribution in [2.75, 3.05) is 18.8 Å². The van der Waals surface area contributed by atoms with E-state index in [1.54, 1.807) is 26.0 Å². The molecule has 1 aromatic rings. The van der Waals surface area contributed by atoms with Crippen LogP contribution < -0.4 is 11.1 Å². The molecule has 1 fully saturated rings. The summed E-state index contributed by atoms with van der Waals surface area (Å²) in [6, 6.07) is 4.04. The summed E-state index contributed by atoms with van der Waals surface area (Å²) in [6.45, 7) is 3.88. The summed E-state index contributed by atoms with van der Waals surface area (Å²) in [7, 11) is -3.70. The molecule has 104 valence electrons. The summed E-state index contributed by atoms with van der Waals surface area (Å²) >= 11 is 0. The summed E-state index contributed by atoms with van der Waals surface area (Å²) in [5, 5.41) is 2.64. The first kappa shape index (κ1) is 13.8. The van der Waals surface area contributed by atoms with Crippen LogP contribution in [0.1, 0.15) is 12.5 Å². The highest BCUT2D eigenvalue weighted by molar-refractivity contribution is 7.89.